The van der Waals surface area contributed by atoms with Crippen LogP contribution in [0.2, 0.25) is 0 Å². The van der Waals surface area contributed by atoms with Crippen LogP contribution in [0.1, 0.15) is 49.0 Å². The number of halogens is 1. The molecule has 29 heavy (non-hydrogen) atoms. The van der Waals surface area contributed by atoms with Gasteiger partial charge in [-0.15, -0.1) is 0 Å². The molecule has 0 aliphatic carbocycles. The lowest BCUT2D eigenvalue weighted by Crippen LogP contribution is -2.49. The van der Waals surface area contributed by atoms with Crippen LogP contribution in [0.5, 0.6) is 0 Å². The molecule has 4 rings (SSSR count). The molecule has 0 unspecified atom stereocenters. The van der Waals surface area contributed by atoms with Gasteiger partial charge < -0.3 is 4.90 Å². The highest BCUT2D eigenvalue weighted by Crippen LogP contribution is 2.25. The first-order valence-electron chi connectivity index (χ1n) is 10.0. The van der Waals surface area contributed by atoms with Crippen LogP contribution in [-0.2, 0) is 6.54 Å². The molecular formula is C23H24FN3O2. The first-order valence-corrected chi connectivity index (χ1v) is 10.0. The summed E-state index contributed by atoms with van der Waals surface area (Å²) in [6.07, 6.45) is 4.52. The van der Waals surface area contributed by atoms with Crippen molar-refractivity contribution in [3.8, 4) is 0 Å². The highest BCUT2D eigenvalue weighted by Gasteiger charge is 2.31. The molecule has 1 fully saturated rings. The molecule has 1 amide bonds. The molecule has 1 aromatic carbocycles. The highest BCUT2D eigenvalue weighted by atomic mass is 19.1. The Morgan fingerprint density at radius 1 is 1.14 bits per heavy atom. The molecule has 0 saturated carbocycles. The van der Waals surface area contributed by atoms with Crippen LogP contribution in [0.15, 0.2) is 53.5 Å². The first kappa shape index (κ1) is 19.3. The highest BCUT2D eigenvalue weighted by molar-refractivity contribution is 5.97. The molecule has 0 spiro atoms. The largest absolute Gasteiger partial charge is 0.333 e. The van der Waals surface area contributed by atoms with Gasteiger partial charge in [0.25, 0.3) is 11.5 Å². The fourth-order valence-electron chi connectivity index (χ4n) is 4.26. The lowest BCUT2D eigenvalue weighted by molar-refractivity contribution is 0.0508. The fourth-order valence-corrected chi connectivity index (χ4v) is 4.26. The van der Waals surface area contributed by atoms with Crippen LogP contribution >= 0.6 is 0 Å². The van der Waals surface area contributed by atoms with Gasteiger partial charge in [0.05, 0.1) is 6.54 Å². The summed E-state index contributed by atoms with van der Waals surface area (Å²) in [5.74, 6) is -0.652. The Labute approximate surface area is 168 Å². The molecule has 150 valence electrons. The number of nitrogens with zero attached hydrogens (tertiary/aromatic N) is 3. The van der Waals surface area contributed by atoms with Crippen molar-refractivity contribution in [2.75, 3.05) is 0 Å². The van der Waals surface area contributed by atoms with E-state index in [9.17, 15) is 14.0 Å². The molecular weight excluding hydrogens is 369 g/mol. The summed E-state index contributed by atoms with van der Waals surface area (Å²) in [5, 5.41) is 0.684. The van der Waals surface area contributed by atoms with Crippen LogP contribution in [0.3, 0.4) is 0 Å². The number of rotatable bonds is 3. The molecule has 3 heterocycles. The minimum Gasteiger partial charge on any atom is -0.333 e. The van der Waals surface area contributed by atoms with Crippen LogP contribution in [0.4, 0.5) is 4.39 Å². The number of carbonyl (C=O) groups excluding carboxylic acids is 1. The zero-order valence-corrected chi connectivity index (χ0v) is 16.6. The summed E-state index contributed by atoms with van der Waals surface area (Å²) in [4.78, 5) is 32.9. The van der Waals surface area contributed by atoms with Crippen molar-refractivity contribution in [1.82, 2.24) is 14.5 Å². The summed E-state index contributed by atoms with van der Waals surface area (Å²) < 4.78 is 15.7. The number of likely N-dealkylation sites (tertiary alicyclic amines) is 1. The van der Waals surface area contributed by atoms with E-state index in [-0.39, 0.29) is 30.1 Å². The third-order valence-electron chi connectivity index (χ3n) is 5.79. The number of hydrogen-bond acceptors (Lipinski definition) is 3. The normalized spacial score (nSPS) is 19.5. The molecule has 0 N–H and O–H groups in total. The molecule has 2 atom stereocenters. The Kier molecular flexibility index (Phi) is 5.18. The van der Waals surface area contributed by atoms with Gasteiger partial charge in [-0.2, -0.15) is 0 Å². The molecule has 5 nitrogen and oxygen atoms in total. The Bertz CT molecular complexity index is 1110. The average molecular weight is 393 g/mol. The second kappa shape index (κ2) is 7.78. The molecule has 2 aromatic heterocycles. The maximum Gasteiger partial charge on any atom is 0.265 e. The molecule has 1 aliphatic heterocycles. The summed E-state index contributed by atoms with van der Waals surface area (Å²) in [6, 6.07) is 11.7. The van der Waals surface area contributed by atoms with Crippen molar-refractivity contribution in [3.05, 3.63) is 76.0 Å². The van der Waals surface area contributed by atoms with Gasteiger partial charge in [0.15, 0.2) is 0 Å². The maximum atomic E-state index is 14.2. The number of aromatic nitrogens is 2. The first-order chi connectivity index (χ1) is 14.0. The minimum absolute atomic E-state index is 0.0191. The van der Waals surface area contributed by atoms with E-state index in [0.29, 0.717) is 16.6 Å². The molecule has 0 radical (unpaired) electrons. The van der Waals surface area contributed by atoms with E-state index in [4.69, 9.17) is 0 Å². The van der Waals surface area contributed by atoms with Crippen LogP contribution in [0, 0.1) is 5.82 Å². The van der Waals surface area contributed by atoms with Gasteiger partial charge in [-0.25, -0.2) is 9.37 Å². The monoisotopic (exact) mass is 393 g/mol. The molecule has 6 heteroatoms. The van der Waals surface area contributed by atoms with Crippen molar-refractivity contribution in [3.63, 3.8) is 0 Å². The predicted octanol–water partition coefficient (Wildman–Crippen LogP) is 3.99. The summed E-state index contributed by atoms with van der Waals surface area (Å²) in [7, 11) is 0. The van der Waals surface area contributed by atoms with Crippen LogP contribution in [-0.4, -0.2) is 32.4 Å². The zero-order valence-electron chi connectivity index (χ0n) is 16.6. The smallest absolute Gasteiger partial charge is 0.265 e. The second-order valence-electron chi connectivity index (χ2n) is 7.80. The van der Waals surface area contributed by atoms with E-state index in [1.165, 1.54) is 10.6 Å². The number of hydrogen-bond donors (Lipinski definition) is 0. The summed E-state index contributed by atoms with van der Waals surface area (Å²) >= 11 is 0. The van der Waals surface area contributed by atoms with Crippen LogP contribution < -0.4 is 5.56 Å². The van der Waals surface area contributed by atoms with Gasteiger partial charge in [0, 0.05) is 29.2 Å². The summed E-state index contributed by atoms with van der Waals surface area (Å²) in [6.45, 7) is 4.06. The number of benzene rings is 1. The van der Waals surface area contributed by atoms with E-state index >= 15 is 0 Å². The lowest BCUT2D eigenvalue weighted by Gasteiger charge is -2.39. The topological polar surface area (TPSA) is 55.2 Å². The van der Waals surface area contributed by atoms with Gasteiger partial charge in [-0.05, 0) is 57.4 Å². The molecule has 0 bridgehead atoms. The predicted molar refractivity (Wildman–Crippen MR) is 110 cm³/mol. The van der Waals surface area contributed by atoms with E-state index < -0.39 is 11.4 Å². The van der Waals surface area contributed by atoms with Gasteiger partial charge in [0.1, 0.15) is 17.0 Å². The van der Waals surface area contributed by atoms with Gasteiger partial charge in [-0.3, -0.25) is 14.2 Å². The number of piperidine rings is 1. The van der Waals surface area contributed by atoms with Gasteiger partial charge in [-0.1, -0.05) is 18.2 Å². The number of fused-ring (bicyclic) bond motifs is 1. The zero-order chi connectivity index (χ0) is 20.5. The van der Waals surface area contributed by atoms with Crippen molar-refractivity contribution in [2.24, 2.45) is 0 Å². The van der Waals surface area contributed by atoms with Crippen molar-refractivity contribution >= 4 is 16.9 Å². The average Bonchev–Trinajstić information content (AvgIpc) is 2.71. The third-order valence-corrected chi connectivity index (χ3v) is 5.79. The minimum atomic E-state index is -0.436. The van der Waals surface area contributed by atoms with Gasteiger partial charge in [0.2, 0.25) is 0 Å². The molecule has 1 saturated heterocycles. The number of pyridine rings is 2. The van der Waals surface area contributed by atoms with Crippen molar-refractivity contribution < 1.29 is 9.18 Å². The van der Waals surface area contributed by atoms with E-state index in [1.54, 1.807) is 36.5 Å². The molecule has 3 aromatic rings. The van der Waals surface area contributed by atoms with Crippen LogP contribution in [0.25, 0.3) is 11.0 Å². The Morgan fingerprint density at radius 3 is 2.59 bits per heavy atom. The third kappa shape index (κ3) is 3.55. The standard InChI is InChI=1S/C23H24FN3O2/c1-15-7-5-8-16(2)27(15)23(29)19-13-17-10-6-12-25-21(17)26(22(19)28)14-18-9-3-4-11-20(18)24/h3-4,6,9-13,15-16H,5,7-8,14H2,1-2H3/t15-,16+. The van der Waals surface area contributed by atoms with Crippen molar-refractivity contribution in [1.29, 1.82) is 0 Å². The van der Waals surface area contributed by atoms with E-state index in [0.717, 1.165) is 19.3 Å². The number of amides is 1. The Hall–Kier alpha value is -3.02. The Balaban J connectivity index is 1.86. The quantitative estimate of drug-likeness (QED) is 0.676. The SMILES string of the molecule is C[C@@H]1CCC[C@H](C)N1C(=O)c1cc2cccnc2n(Cc2ccccc2F)c1=O. The maximum absolute atomic E-state index is 14.2. The fraction of sp³-hybridized carbons (Fsp3) is 0.348. The molecule has 1 aliphatic rings. The van der Waals surface area contributed by atoms with E-state index in [1.807, 2.05) is 24.8 Å². The Morgan fingerprint density at radius 2 is 1.86 bits per heavy atom. The van der Waals surface area contributed by atoms with Crippen molar-refractivity contribution in [2.45, 2.75) is 51.7 Å². The lowest BCUT2D eigenvalue weighted by atomic mass is 9.96. The summed E-state index contributed by atoms with van der Waals surface area (Å²) in [5.41, 5.74) is 0.500. The van der Waals surface area contributed by atoms with E-state index in [2.05, 4.69) is 4.98 Å². The number of carbonyl (C=O) groups is 1. The van der Waals surface area contributed by atoms with Gasteiger partial charge >= 0.3 is 0 Å². The second-order valence-corrected chi connectivity index (χ2v) is 7.80.